The van der Waals surface area contributed by atoms with Crippen molar-refractivity contribution in [3.05, 3.63) is 24.3 Å². The molecule has 4 rings (SSSR count). The number of likely N-dealkylation sites (tertiary alicyclic amines) is 1. The maximum Gasteiger partial charge on any atom is 0.250 e. The number of amides is 2. The molecule has 26 heavy (non-hydrogen) atoms. The Hall–Kier alpha value is -2.04. The Kier molecular flexibility index (Phi) is 4.20. The van der Waals surface area contributed by atoms with Crippen molar-refractivity contribution in [3.63, 3.8) is 0 Å². The van der Waals surface area contributed by atoms with Gasteiger partial charge >= 0.3 is 0 Å². The van der Waals surface area contributed by atoms with E-state index in [0.717, 1.165) is 18.0 Å². The molecule has 0 radical (unpaired) electrons. The van der Waals surface area contributed by atoms with Gasteiger partial charge in [-0.05, 0) is 36.3 Å². The van der Waals surface area contributed by atoms with E-state index in [4.69, 9.17) is 4.74 Å². The lowest BCUT2D eigenvalue weighted by molar-refractivity contribution is -0.139. The molecule has 0 aromatic heterocycles. The van der Waals surface area contributed by atoms with Crippen LogP contribution in [0.1, 0.15) is 46.5 Å². The van der Waals surface area contributed by atoms with Gasteiger partial charge < -0.3 is 14.5 Å². The second-order valence-electron chi connectivity index (χ2n) is 9.13. The van der Waals surface area contributed by atoms with E-state index >= 15 is 0 Å². The number of nitrogens with zero attached hydrogens (tertiary/aromatic N) is 2. The van der Waals surface area contributed by atoms with Crippen LogP contribution in [-0.2, 0) is 9.59 Å². The average molecular weight is 356 g/mol. The smallest absolute Gasteiger partial charge is 0.250 e. The number of fused-ring (bicyclic) bond motifs is 3. The van der Waals surface area contributed by atoms with Gasteiger partial charge in [-0.15, -0.1) is 0 Å². The Morgan fingerprint density at radius 1 is 1.23 bits per heavy atom. The van der Waals surface area contributed by atoms with E-state index in [2.05, 4.69) is 20.8 Å². The van der Waals surface area contributed by atoms with Crippen LogP contribution in [0.4, 0.5) is 5.69 Å². The number of anilines is 1. The Bertz CT molecular complexity index is 720. The summed E-state index contributed by atoms with van der Waals surface area (Å²) in [6.45, 7) is 7.38. The fraction of sp³-hybridized carbons (Fsp3) is 0.619. The van der Waals surface area contributed by atoms with Crippen molar-refractivity contribution in [2.24, 2.45) is 11.3 Å². The van der Waals surface area contributed by atoms with Crippen LogP contribution in [0.3, 0.4) is 0 Å². The molecule has 2 unspecified atom stereocenters. The Morgan fingerprint density at radius 2 is 1.96 bits per heavy atom. The summed E-state index contributed by atoms with van der Waals surface area (Å²) in [6.07, 6.45) is 3.26. The van der Waals surface area contributed by atoms with Crippen LogP contribution in [0, 0.1) is 11.3 Å². The van der Waals surface area contributed by atoms with Crippen LogP contribution in [0.15, 0.2) is 24.3 Å². The number of benzene rings is 1. The molecule has 140 valence electrons. The monoisotopic (exact) mass is 356 g/mol. The number of hydrogen-bond donors (Lipinski definition) is 0. The molecule has 2 fully saturated rings. The van der Waals surface area contributed by atoms with E-state index in [1.165, 1.54) is 12.8 Å². The largest absolute Gasteiger partial charge is 0.486 e. The molecule has 2 bridgehead atoms. The SMILES string of the molecule is CC(C)(C)CC(=O)N1CC2CC1C(=O)N(CC1CC1)c1ccccc1O2. The fourth-order valence-electron chi connectivity index (χ4n) is 3.95. The molecule has 3 aliphatic rings. The molecule has 5 heteroatoms. The molecule has 2 amide bonds. The quantitative estimate of drug-likeness (QED) is 0.835. The topological polar surface area (TPSA) is 49.9 Å². The highest BCUT2D eigenvalue weighted by Crippen LogP contribution is 2.39. The predicted octanol–water partition coefficient (Wildman–Crippen LogP) is 3.23. The highest BCUT2D eigenvalue weighted by Gasteiger charge is 2.46. The van der Waals surface area contributed by atoms with Crippen molar-refractivity contribution in [2.45, 2.75) is 58.6 Å². The van der Waals surface area contributed by atoms with Gasteiger partial charge in [0.2, 0.25) is 11.8 Å². The standard InChI is InChI=1S/C21H28N2O3/c1-21(2,3)11-19(24)22-13-15-10-17(22)20(25)23(12-14-8-9-14)16-6-4-5-7-18(16)26-15/h4-7,14-15,17H,8-13H2,1-3H3. The van der Waals surface area contributed by atoms with E-state index < -0.39 is 6.04 Å². The van der Waals surface area contributed by atoms with Crippen LogP contribution in [-0.4, -0.2) is 41.9 Å². The van der Waals surface area contributed by atoms with Gasteiger partial charge in [0.05, 0.1) is 12.2 Å². The van der Waals surface area contributed by atoms with Gasteiger partial charge in [0.1, 0.15) is 17.9 Å². The minimum atomic E-state index is -0.401. The van der Waals surface area contributed by atoms with Gasteiger partial charge in [-0.25, -0.2) is 0 Å². The second-order valence-corrected chi connectivity index (χ2v) is 9.13. The van der Waals surface area contributed by atoms with E-state index in [-0.39, 0.29) is 23.3 Å². The van der Waals surface area contributed by atoms with Crippen molar-refractivity contribution in [3.8, 4) is 5.75 Å². The third kappa shape index (κ3) is 3.44. The normalized spacial score (nSPS) is 25.4. The number of rotatable bonds is 3. The van der Waals surface area contributed by atoms with Gasteiger partial charge in [-0.1, -0.05) is 32.9 Å². The minimum absolute atomic E-state index is 0.0532. The van der Waals surface area contributed by atoms with Gasteiger partial charge in [0.25, 0.3) is 0 Å². The van der Waals surface area contributed by atoms with Crippen LogP contribution in [0.25, 0.3) is 0 Å². The third-order valence-corrected chi connectivity index (χ3v) is 5.40. The third-order valence-electron chi connectivity index (χ3n) is 5.40. The number of para-hydroxylation sites is 2. The maximum atomic E-state index is 13.4. The molecule has 1 aromatic carbocycles. The molecular formula is C21H28N2O3. The zero-order valence-corrected chi connectivity index (χ0v) is 15.9. The van der Waals surface area contributed by atoms with Crippen molar-refractivity contribution >= 4 is 17.5 Å². The Morgan fingerprint density at radius 3 is 2.65 bits per heavy atom. The van der Waals surface area contributed by atoms with Crippen molar-refractivity contribution in [1.29, 1.82) is 0 Å². The summed E-state index contributed by atoms with van der Waals surface area (Å²) >= 11 is 0. The van der Waals surface area contributed by atoms with Crippen LogP contribution >= 0.6 is 0 Å². The van der Waals surface area contributed by atoms with Crippen LogP contribution in [0.2, 0.25) is 0 Å². The van der Waals surface area contributed by atoms with E-state index in [9.17, 15) is 9.59 Å². The average Bonchev–Trinajstić information content (AvgIpc) is 3.27. The first-order valence-electron chi connectivity index (χ1n) is 9.68. The molecule has 1 aromatic rings. The van der Waals surface area contributed by atoms with Gasteiger partial charge in [0.15, 0.2) is 0 Å². The van der Waals surface area contributed by atoms with Crippen molar-refractivity contribution < 1.29 is 14.3 Å². The molecule has 2 atom stereocenters. The van der Waals surface area contributed by atoms with Crippen molar-refractivity contribution in [1.82, 2.24) is 4.90 Å². The van der Waals surface area contributed by atoms with Gasteiger partial charge in [0, 0.05) is 19.4 Å². The first kappa shape index (κ1) is 17.4. The maximum absolute atomic E-state index is 13.4. The number of carbonyl (C=O) groups excluding carboxylic acids is 2. The zero-order valence-electron chi connectivity index (χ0n) is 15.9. The lowest BCUT2D eigenvalue weighted by Gasteiger charge is -2.32. The summed E-state index contributed by atoms with van der Waals surface area (Å²) in [4.78, 5) is 30.0. The molecule has 1 saturated carbocycles. The van der Waals surface area contributed by atoms with Crippen molar-refractivity contribution in [2.75, 3.05) is 18.0 Å². The lowest BCUT2D eigenvalue weighted by Crippen LogP contribution is -2.49. The zero-order chi connectivity index (χ0) is 18.5. The summed E-state index contributed by atoms with van der Waals surface area (Å²) in [5.74, 6) is 1.44. The lowest BCUT2D eigenvalue weighted by atomic mass is 9.91. The minimum Gasteiger partial charge on any atom is -0.486 e. The summed E-state index contributed by atoms with van der Waals surface area (Å²) in [6, 6.07) is 7.38. The highest BCUT2D eigenvalue weighted by molar-refractivity contribution is 6.01. The first-order chi connectivity index (χ1) is 12.3. The fourth-order valence-corrected chi connectivity index (χ4v) is 3.95. The molecule has 2 heterocycles. The van der Waals surface area contributed by atoms with Gasteiger partial charge in [-0.2, -0.15) is 0 Å². The molecule has 1 saturated heterocycles. The number of carbonyl (C=O) groups is 2. The number of ether oxygens (including phenoxy) is 1. The summed E-state index contributed by atoms with van der Waals surface area (Å²) < 4.78 is 6.23. The molecule has 1 aliphatic carbocycles. The van der Waals surface area contributed by atoms with Crippen LogP contribution in [0.5, 0.6) is 5.75 Å². The first-order valence-corrected chi connectivity index (χ1v) is 9.68. The molecule has 5 nitrogen and oxygen atoms in total. The molecule has 0 N–H and O–H groups in total. The highest BCUT2D eigenvalue weighted by atomic mass is 16.5. The summed E-state index contributed by atoms with van der Waals surface area (Å²) in [5, 5.41) is 0. The Labute approximate surface area is 155 Å². The second kappa shape index (κ2) is 6.29. The van der Waals surface area contributed by atoms with E-state index in [1.54, 1.807) is 4.90 Å². The van der Waals surface area contributed by atoms with Gasteiger partial charge in [-0.3, -0.25) is 9.59 Å². The van der Waals surface area contributed by atoms with E-state index in [0.29, 0.717) is 25.3 Å². The van der Waals surface area contributed by atoms with Crippen LogP contribution < -0.4 is 9.64 Å². The number of hydrogen-bond acceptors (Lipinski definition) is 3. The molecular weight excluding hydrogens is 328 g/mol. The summed E-state index contributed by atoms with van der Waals surface area (Å²) in [7, 11) is 0. The Balaban J connectivity index is 1.65. The molecule has 2 aliphatic heterocycles. The van der Waals surface area contributed by atoms with E-state index in [1.807, 2.05) is 29.2 Å². The summed E-state index contributed by atoms with van der Waals surface area (Å²) in [5.41, 5.74) is 0.754. The molecule has 0 spiro atoms. The predicted molar refractivity (Wildman–Crippen MR) is 100 cm³/mol.